The first kappa shape index (κ1) is 22.4. The molecular weight excluding hydrogens is 382 g/mol. The van der Waals surface area contributed by atoms with Crippen molar-refractivity contribution in [1.82, 2.24) is 10.2 Å². The highest BCUT2D eigenvalue weighted by molar-refractivity contribution is 5.80. The van der Waals surface area contributed by atoms with Gasteiger partial charge in [-0.3, -0.25) is 9.79 Å². The summed E-state index contributed by atoms with van der Waals surface area (Å²) in [7, 11) is 3.51. The van der Waals surface area contributed by atoms with E-state index in [1.54, 1.807) is 7.11 Å². The first-order valence-electron chi connectivity index (χ1n) is 11.0. The Hall–Kier alpha value is -2.28. The topological polar surface area (TPSA) is 72.4 Å². The number of likely N-dealkylation sites (tertiary alicyclic amines) is 1. The molecule has 0 aliphatic carbocycles. The number of ether oxygens (including phenoxy) is 3. The van der Waals surface area contributed by atoms with Gasteiger partial charge in [0.2, 0.25) is 0 Å². The Kier molecular flexibility index (Phi) is 7.96. The summed E-state index contributed by atoms with van der Waals surface area (Å²) in [5, 5.41) is 3.62. The smallest absolute Gasteiger partial charge is 0.309 e. The van der Waals surface area contributed by atoms with Crippen LogP contribution in [0.3, 0.4) is 0 Å². The van der Waals surface area contributed by atoms with Crippen LogP contribution in [0.2, 0.25) is 0 Å². The standard InChI is InChI=1S/C23H35N3O4/c1-4-30-21(27)18-9-13-26(14-10-18)22(24-2)25-17-23(11-15-29-16-12-23)19-5-7-20(28-3)8-6-19/h5-8,18H,4,9-17H2,1-3H3,(H,24,25). The van der Waals surface area contributed by atoms with Crippen LogP contribution in [0.25, 0.3) is 0 Å². The number of guanidine groups is 1. The molecule has 30 heavy (non-hydrogen) atoms. The van der Waals surface area contributed by atoms with E-state index >= 15 is 0 Å². The van der Waals surface area contributed by atoms with Crippen LogP contribution in [0.5, 0.6) is 5.75 Å². The number of carbonyl (C=O) groups excluding carboxylic acids is 1. The van der Waals surface area contributed by atoms with E-state index in [1.807, 2.05) is 26.1 Å². The van der Waals surface area contributed by atoms with Crippen LogP contribution < -0.4 is 10.1 Å². The number of hydrogen-bond donors (Lipinski definition) is 1. The van der Waals surface area contributed by atoms with E-state index in [9.17, 15) is 4.79 Å². The fourth-order valence-corrected chi connectivity index (χ4v) is 4.44. The Morgan fingerprint density at radius 2 is 1.90 bits per heavy atom. The Morgan fingerprint density at radius 3 is 2.47 bits per heavy atom. The monoisotopic (exact) mass is 417 g/mol. The number of rotatable bonds is 6. The van der Waals surface area contributed by atoms with Crippen molar-refractivity contribution in [3.8, 4) is 5.75 Å². The van der Waals surface area contributed by atoms with Crippen LogP contribution >= 0.6 is 0 Å². The minimum absolute atomic E-state index is 0.000408. The normalized spacial score (nSPS) is 20.0. The van der Waals surface area contributed by atoms with Gasteiger partial charge in [-0.15, -0.1) is 0 Å². The first-order chi connectivity index (χ1) is 14.6. The number of piperidine rings is 1. The maximum atomic E-state index is 12.0. The average molecular weight is 418 g/mol. The molecule has 2 fully saturated rings. The molecule has 7 nitrogen and oxygen atoms in total. The van der Waals surface area contributed by atoms with Crippen molar-refractivity contribution in [1.29, 1.82) is 0 Å². The number of benzene rings is 1. The molecule has 0 amide bonds. The third-order valence-corrected chi connectivity index (χ3v) is 6.36. The number of carbonyl (C=O) groups is 1. The van der Waals surface area contributed by atoms with Crippen molar-refractivity contribution >= 4 is 11.9 Å². The van der Waals surface area contributed by atoms with E-state index in [2.05, 4.69) is 27.3 Å². The molecule has 1 aromatic carbocycles. The SMILES string of the molecule is CCOC(=O)C1CCN(C(=NC)NCC2(c3ccc(OC)cc3)CCOCC2)CC1. The Morgan fingerprint density at radius 1 is 1.23 bits per heavy atom. The zero-order valence-corrected chi connectivity index (χ0v) is 18.5. The second-order valence-corrected chi connectivity index (χ2v) is 8.04. The molecule has 7 heteroatoms. The number of hydrogen-bond acceptors (Lipinski definition) is 5. The zero-order valence-electron chi connectivity index (χ0n) is 18.5. The van der Waals surface area contributed by atoms with Gasteiger partial charge in [-0.1, -0.05) is 12.1 Å². The van der Waals surface area contributed by atoms with E-state index < -0.39 is 0 Å². The molecule has 3 rings (SSSR count). The molecule has 1 N–H and O–H groups in total. The van der Waals surface area contributed by atoms with Crippen LogP contribution in [0.1, 0.15) is 38.2 Å². The summed E-state index contributed by atoms with van der Waals surface area (Å²) >= 11 is 0. The highest BCUT2D eigenvalue weighted by Gasteiger charge is 2.35. The van der Waals surface area contributed by atoms with E-state index in [1.165, 1.54) is 5.56 Å². The van der Waals surface area contributed by atoms with Gasteiger partial charge in [-0.25, -0.2) is 0 Å². The Labute approximate surface area is 179 Å². The average Bonchev–Trinajstić information content (AvgIpc) is 2.80. The van der Waals surface area contributed by atoms with Gasteiger partial charge in [-0.05, 0) is 50.3 Å². The largest absolute Gasteiger partial charge is 0.497 e. The number of nitrogens with zero attached hydrogens (tertiary/aromatic N) is 2. The molecule has 166 valence electrons. The fourth-order valence-electron chi connectivity index (χ4n) is 4.44. The predicted octanol–water partition coefficient (Wildman–Crippen LogP) is 2.59. The Bertz CT molecular complexity index is 706. The minimum atomic E-state index is -0.0687. The maximum absolute atomic E-state index is 12.0. The molecule has 0 spiro atoms. The lowest BCUT2D eigenvalue weighted by Crippen LogP contribution is -2.51. The van der Waals surface area contributed by atoms with Gasteiger partial charge in [0.05, 0.1) is 19.6 Å². The second kappa shape index (κ2) is 10.7. The second-order valence-electron chi connectivity index (χ2n) is 8.04. The molecular formula is C23H35N3O4. The molecule has 0 radical (unpaired) electrons. The van der Waals surface area contributed by atoms with Crippen LogP contribution in [0.15, 0.2) is 29.3 Å². The number of methoxy groups -OCH3 is 1. The lowest BCUT2D eigenvalue weighted by Gasteiger charge is -2.40. The lowest BCUT2D eigenvalue weighted by atomic mass is 9.74. The van der Waals surface area contributed by atoms with Gasteiger partial charge in [0, 0.05) is 45.3 Å². The minimum Gasteiger partial charge on any atom is -0.497 e. The summed E-state index contributed by atoms with van der Waals surface area (Å²) in [5.74, 6) is 1.70. The maximum Gasteiger partial charge on any atom is 0.309 e. The number of esters is 1. The zero-order chi connectivity index (χ0) is 21.4. The van der Waals surface area contributed by atoms with Gasteiger partial charge in [0.15, 0.2) is 5.96 Å². The van der Waals surface area contributed by atoms with Crippen LogP contribution in [-0.2, 0) is 19.7 Å². The predicted molar refractivity (Wildman–Crippen MR) is 117 cm³/mol. The first-order valence-corrected chi connectivity index (χ1v) is 11.0. The summed E-state index contributed by atoms with van der Waals surface area (Å²) in [6.07, 6.45) is 3.54. The van der Waals surface area contributed by atoms with Gasteiger partial charge in [0.25, 0.3) is 0 Å². The van der Waals surface area contributed by atoms with Crippen LogP contribution in [0, 0.1) is 5.92 Å². The molecule has 2 aliphatic heterocycles. The number of aliphatic imine (C=N–C) groups is 1. The van der Waals surface area contributed by atoms with Crippen molar-refractivity contribution in [3.05, 3.63) is 29.8 Å². The van der Waals surface area contributed by atoms with Gasteiger partial charge >= 0.3 is 5.97 Å². The van der Waals surface area contributed by atoms with Crippen LogP contribution in [0.4, 0.5) is 0 Å². The third kappa shape index (κ3) is 5.25. The van der Waals surface area contributed by atoms with E-state index in [0.717, 1.165) is 70.2 Å². The third-order valence-electron chi connectivity index (χ3n) is 6.36. The molecule has 2 saturated heterocycles. The van der Waals surface area contributed by atoms with Gasteiger partial charge < -0.3 is 24.4 Å². The fraction of sp³-hybridized carbons (Fsp3) is 0.652. The van der Waals surface area contributed by atoms with E-state index in [0.29, 0.717) is 6.61 Å². The van der Waals surface area contributed by atoms with E-state index in [4.69, 9.17) is 14.2 Å². The van der Waals surface area contributed by atoms with E-state index in [-0.39, 0.29) is 17.3 Å². The molecule has 1 aromatic rings. The van der Waals surface area contributed by atoms with Crippen molar-refractivity contribution < 1.29 is 19.0 Å². The highest BCUT2D eigenvalue weighted by atomic mass is 16.5. The quantitative estimate of drug-likeness (QED) is 0.436. The molecule has 0 atom stereocenters. The molecule has 2 aliphatic rings. The molecule has 0 saturated carbocycles. The summed E-state index contributed by atoms with van der Waals surface area (Å²) in [5.41, 5.74) is 1.31. The Balaban J connectivity index is 1.63. The van der Waals surface area contributed by atoms with Crippen LogP contribution in [-0.4, -0.2) is 70.4 Å². The summed E-state index contributed by atoms with van der Waals surface area (Å²) in [6, 6.07) is 8.39. The molecule has 0 bridgehead atoms. The van der Waals surface area contributed by atoms with Crippen molar-refractivity contribution in [2.45, 2.75) is 38.0 Å². The van der Waals surface area contributed by atoms with Crippen molar-refractivity contribution in [3.63, 3.8) is 0 Å². The lowest BCUT2D eigenvalue weighted by molar-refractivity contribution is -0.149. The highest BCUT2D eigenvalue weighted by Crippen LogP contribution is 2.35. The molecule has 0 aromatic heterocycles. The summed E-state index contributed by atoms with van der Waals surface area (Å²) in [4.78, 5) is 18.8. The molecule has 2 heterocycles. The summed E-state index contributed by atoms with van der Waals surface area (Å²) < 4.78 is 16.2. The van der Waals surface area contributed by atoms with Gasteiger partial charge in [0.1, 0.15) is 5.75 Å². The van der Waals surface area contributed by atoms with Gasteiger partial charge in [-0.2, -0.15) is 0 Å². The van der Waals surface area contributed by atoms with Crippen molar-refractivity contribution in [2.75, 3.05) is 53.6 Å². The summed E-state index contributed by atoms with van der Waals surface area (Å²) in [6.45, 7) is 6.23. The number of nitrogens with one attached hydrogen (secondary N) is 1. The molecule has 0 unspecified atom stereocenters. The van der Waals surface area contributed by atoms with Crippen molar-refractivity contribution in [2.24, 2.45) is 10.9 Å².